The van der Waals surface area contributed by atoms with Crippen LogP contribution in [-0.2, 0) is 13.1 Å². The lowest BCUT2D eigenvalue weighted by Gasteiger charge is -2.31. The Morgan fingerprint density at radius 2 is 1.93 bits per heavy atom. The second-order valence-corrected chi connectivity index (χ2v) is 6.24. The van der Waals surface area contributed by atoms with Gasteiger partial charge < -0.3 is 5.32 Å². The Hall–Kier alpha value is -0.540. The van der Waals surface area contributed by atoms with Crippen LogP contribution in [0.3, 0.4) is 0 Å². The number of anilines is 2. The van der Waals surface area contributed by atoms with E-state index in [9.17, 15) is 0 Å². The molecule has 0 fully saturated rings. The summed E-state index contributed by atoms with van der Waals surface area (Å²) in [6.07, 6.45) is 0. The summed E-state index contributed by atoms with van der Waals surface area (Å²) in [4.78, 5) is 2.52. The molecular weight excluding hydrogens is 252 g/mol. The molecule has 3 heteroatoms. The van der Waals surface area contributed by atoms with E-state index in [2.05, 4.69) is 53.0 Å². The lowest BCUT2D eigenvalue weighted by atomic mass is 10.1. The summed E-state index contributed by atoms with van der Waals surface area (Å²) in [5, 5.41) is 3.35. The maximum Gasteiger partial charge on any atom is 0.0673 e. The quantitative estimate of drug-likeness (QED) is 0.737. The molecule has 0 saturated carbocycles. The Morgan fingerprint density at radius 1 is 1.27 bits per heavy atom. The van der Waals surface area contributed by atoms with Crippen molar-refractivity contribution < 1.29 is 0 Å². The Morgan fingerprint density at radius 3 is 2.60 bits per heavy atom. The van der Waals surface area contributed by atoms with Gasteiger partial charge in [-0.1, -0.05) is 15.9 Å². The van der Waals surface area contributed by atoms with E-state index in [0.29, 0.717) is 0 Å². The Bertz CT molecular complexity index is 439. The first-order valence-electron chi connectivity index (χ1n) is 5.33. The highest BCUT2D eigenvalue weighted by Gasteiger charge is 2.35. The number of benzene rings is 1. The van der Waals surface area contributed by atoms with Crippen LogP contribution in [0, 0.1) is 0 Å². The Kier molecular flexibility index (Phi) is 1.79. The monoisotopic (exact) mass is 266 g/mol. The van der Waals surface area contributed by atoms with Crippen molar-refractivity contribution in [3.05, 3.63) is 21.7 Å². The van der Waals surface area contributed by atoms with E-state index in [1.165, 1.54) is 27.0 Å². The average Bonchev–Trinajstić information content (AvgIpc) is 2.74. The van der Waals surface area contributed by atoms with Crippen LogP contribution in [0.25, 0.3) is 0 Å². The fourth-order valence-electron chi connectivity index (χ4n) is 2.22. The molecule has 0 unspecified atom stereocenters. The number of hydrogen-bond donors (Lipinski definition) is 1. The van der Waals surface area contributed by atoms with Gasteiger partial charge >= 0.3 is 0 Å². The second-order valence-electron chi connectivity index (χ2n) is 5.39. The minimum Gasteiger partial charge on any atom is -0.352 e. The molecule has 0 aliphatic carbocycles. The molecule has 2 heterocycles. The molecule has 0 spiro atoms. The molecule has 0 bridgehead atoms. The topological polar surface area (TPSA) is 25.2 Å². The van der Waals surface area contributed by atoms with Gasteiger partial charge in [0.2, 0.25) is 0 Å². The van der Waals surface area contributed by atoms with E-state index in [1.807, 2.05) is 0 Å². The molecular formula is C12H15BrN2. The van der Waals surface area contributed by atoms with Crippen LogP contribution in [0.5, 0.6) is 0 Å². The third-order valence-electron chi connectivity index (χ3n) is 3.34. The van der Waals surface area contributed by atoms with Crippen molar-refractivity contribution in [3.8, 4) is 0 Å². The van der Waals surface area contributed by atoms with Gasteiger partial charge in [0.25, 0.3) is 0 Å². The van der Waals surface area contributed by atoms with Crippen LogP contribution in [0.2, 0.25) is 0 Å². The van der Waals surface area contributed by atoms with Gasteiger partial charge in [-0.3, -0.25) is 4.90 Å². The highest BCUT2D eigenvalue weighted by atomic mass is 79.9. The van der Waals surface area contributed by atoms with E-state index < -0.39 is 0 Å². The van der Waals surface area contributed by atoms with Gasteiger partial charge in [0.15, 0.2) is 0 Å². The summed E-state index contributed by atoms with van der Waals surface area (Å²) in [6, 6.07) is 2.19. The third-order valence-corrected chi connectivity index (χ3v) is 4.05. The summed E-state index contributed by atoms with van der Waals surface area (Å²) in [7, 11) is 0. The molecule has 1 aromatic rings. The minimum absolute atomic E-state index is 0.250. The molecule has 0 atom stereocenters. The van der Waals surface area contributed by atoms with Gasteiger partial charge in [0, 0.05) is 23.1 Å². The van der Waals surface area contributed by atoms with Gasteiger partial charge in [-0.05, 0) is 38.0 Å². The largest absolute Gasteiger partial charge is 0.352 e. The maximum atomic E-state index is 3.66. The standard InChI is InChI=1S/C12H15BrN2/c1-12(2,3)15-5-7-8(6-15)11-10(14-11)4-9(7)13/h4,14H,5-6H2,1-3H3. The molecule has 0 radical (unpaired) electrons. The smallest absolute Gasteiger partial charge is 0.0673 e. The number of hydrogen-bond acceptors (Lipinski definition) is 2. The molecule has 3 rings (SSSR count). The van der Waals surface area contributed by atoms with Gasteiger partial charge in [0.05, 0.1) is 11.4 Å². The lowest BCUT2D eigenvalue weighted by molar-refractivity contribution is 0.136. The van der Waals surface area contributed by atoms with E-state index in [1.54, 1.807) is 0 Å². The van der Waals surface area contributed by atoms with Crippen LogP contribution in [0.15, 0.2) is 10.5 Å². The molecule has 1 N–H and O–H groups in total. The Balaban J connectivity index is 2.02. The fraction of sp³-hybridized carbons (Fsp3) is 0.500. The highest BCUT2D eigenvalue weighted by molar-refractivity contribution is 9.10. The van der Waals surface area contributed by atoms with Crippen molar-refractivity contribution in [2.45, 2.75) is 39.4 Å². The second kappa shape index (κ2) is 2.77. The number of rotatable bonds is 0. The van der Waals surface area contributed by atoms with Crippen LogP contribution in [-0.4, -0.2) is 10.4 Å². The molecule has 15 heavy (non-hydrogen) atoms. The number of nitrogens with zero attached hydrogens (tertiary/aromatic N) is 1. The maximum absolute atomic E-state index is 3.66. The molecule has 80 valence electrons. The van der Waals surface area contributed by atoms with Gasteiger partial charge in [-0.2, -0.15) is 0 Å². The summed E-state index contributed by atoms with van der Waals surface area (Å²) >= 11 is 3.66. The molecule has 2 aliphatic heterocycles. The first kappa shape index (κ1) is 9.67. The molecule has 2 nitrogen and oxygen atoms in total. The first-order valence-corrected chi connectivity index (χ1v) is 6.12. The predicted octanol–water partition coefficient (Wildman–Crippen LogP) is 3.62. The molecule has 0 amide bonds. The van der Waals surface area contributed by atoms with Crippen LogP contribution < -0.4 is 5.32 Å². The van der Waals surface area contributed by atoms with E-state index >= 15 is 0 Å². The number of fused-ring (bicyclic) bond motifs is 3. The van der Waals surface area contributed by atoms with Crippen molar-refractivity contribution >= 4 is 27.3 Å². The van der Waals surface area contributed by atoms with Gasteiger partial charge in [0.1, 0.15) is 0 Å². The van der Waals surface area contributed by atoms with Crippen LogP contribution in [0.1, 0.15) is 31.9 Å². The van der Waals surface area contributed by atoms with E-state index in [-0.39, 0.29) is 5.54 Å². The van der Waals surface area contributed by atoms with Crippen molar-refractivity contribution in [3.63, 3.8) is 0 Å². The lowest BCUT2D eigenvalue weighted by Crippen LogP contribution is -2.36. The third kappa shape index (κ3) is 1.41. The number of nitrogens with one attached hydrogen (secondary N) is 1. The number of halogens is 1. The summed E-state index contributed by atoms with van der Waals surface area (Å²) in [5.41, 5.74) is 5.89. The summed E-state index contributed by atoms with van der Waals surface area (Å²) < 4.78 is 1.26. The zero-order valence-electron chi connectivity index (χ0n) is 9.32. The fourth-order valence-corrected chi connectivity index (χ4v) is 2.81. The zero-order valence-corrected chi connectivity index (χ0v) is 10.9. The van der Waals surface area contributed by atoms with Gasteiger partial charge in [-0.15, -0.1) is 0 Å². The molecule has 0 aromatic heterocycles. The normalized spacial score (nSPS) is 18.4. The molecule has 1 aromatic carbocycles. The molecule has 0 saturated heterocycles. The van der Waals surface area contributed by atoms with Crippen LogP contribution in [0.4, 0.5) is 11.4 Å². The van der Waals surface area contributed by atoms with Gasteiger partial charge in [-0.25, -0.2) is 0 Å². The van der Waals surface area contributed by atoms with E-state index in [0.717, 1.165) is 13.1 Å². The van der Waals surface area contributed by atoms with E-state index in [4.69, 9.17) is 0 Å². The predicted molar refractivity (Wildman–Crippen MR) is 66.4 cm³/mol. The van der Waals surface area contributed by atoms with Crippen molar-refractivity contribution in [1.82, 2.24) is 4.90 Å². The SMILES string of the molecule is CC(C)(C)N1Cc2c(Br)cc3c(c2C1)N3. The summed E-state index contributed by atoms with van der Waals surface area (Å²) in [5.74, 6) is 0. The molecule has 2 aliphatic rings. The summed E-state index contributed by atoms with van der Waals surface area (Å²) in [6.45, 7) is 8.97. The van der Waals surface area contributed by atoms with Crippen LogP contribution >= 0.6 is 15.9 Å². The average molecular weight is 267 g/mol. The Labute approximate surface area is 98.8 Å². The minimum atomic E-state index is 0.250. The van der Waals surface area contributed by atoms with Crippen molar-refractivity contribution in [1.29, 1.82) is 0 Å². The zero-order chi connectivity index (χ0) is 10.8. The van der Waals surface area contributed by atoms with Crippen molar-refractivity contribution in [2.75, 3.05) is 5.32 Å². The van der Waals surface area contributed by atoms with Crippen molar-refractivity contribution in [2.24, 2.45) is 0 Å². The highest BCUT2D eigenvalue weighted by Crippen LogP contribution is 2.50. The first-order chi connectivity index (χ1) is 6.97.